The van der Waals surface area contributed by atoms with Crippen LogP contribution >= 0.6 is 11.3 Å². The van der Waals surface area contributed by atoms with Crippen LogP contribution in [0.25, 0.3) is 11.3 Å². The Hall–Kier alpha value is -1.72. The second-order valence-electron chi connectivity index (χ2n) is 6.26. The number of nitrogens with one attached hydrogen (secondary N) is 1. The van der Waals surface area contributed by atoms with Crippen molar-refractivity contribution < 1.29 is 9.53 Å². The van der Waals surface area contributed by atoms with E-state index in [1.807, 2.05) is 6.92 Å². The van der Waals surface area contributed by atoms with E-state index in [0.717, 1.165) is 29.1 Å². The fraction of sp³-hybridized carbons (Fsp3) is 0.474. The number of ether oxygens (including phenoxy) is 1. The second-order valence-corrected chi connectivity index (χ2v) is 7.15. The highest BCUT2D eigenvalue weighted by molar-refractivity contribution is 7.10. The van der Waals surface area contributed by atoms with Gasteiger partial charge in [0.25, 0.3) is 0 Å². The predicted octanol–water partition coefficient (Wildman–Crippen LogP) is 4.02. The third-order valence-electron chi connectivity index (χ3n) is 3.93. The van der Waals surface area contributed by atoms with E-state index in [4.69, 9.17) is 9.72 Å². The third-order valence-corrected chi connectivity index (χ3v) is 5.00. The van der Waals surface area contributed by atoms with Crippen molar-refractivity contribution in [3.05, 3.63) is 40.2 Å². The number of hydrogen-bond acceptors (Lipinski definition) is 4. The fourth-order valence-electron chi connectivity index (χ4n) is 2.61. The number of benzene rings is 1. The van der Waals surface area contributed by atoms with Crippen molar-refractivity contribution in [1.82, 2.24) is 10.3 Å². The van der Waals surface area contributed by atoms with Gasteiger partial charge in [-0.3, -0.25) is 4.79 Å². The van der Waals surface area contributed by atoms with Gasteiger partial charge in [0, 0.05) is 36.9 Å². The molecule has 0 aliphatic rings. The summed E-state index contributed by atoms with van der Waals surface area (Å²) < 4.78 is 5.20. The first-order valence-corrected chi connectivity index (χ1v) is 9.18. The molecule has 0 unspecified atom stereocenters. The number of methoxy groups -OCH3 is 1. The van der Waals surface area contributed by atoms with Crippen LogP contribution in [0.2, 0.25) is 0 Å². The average Bonchev–Trinajstić information content (AvgIpc) is 3.03. The van der Waals surface area contributed by atoms with E-state index in [1.165, 1.54) is 5.56 Å². The highest BCUT2D eigenvalue weighted by Crippen LogP contribution is 2.27. The first-order valence-electron chi connectivity index (χ1n) is 8.30. The summed E-state index contributed by atoms with van der Waals surface area (Å²) in [6.45, 7) is 6.42. The summed E-state index contributed by atoms with van der Waals surface area (Å²) in [7, 11) is 1.72. The number of amides is 1. The van der Waals surface area contributed by atoms with Crippen LogP contribution in [-0.2, 0) is 16.0 Å². The zero-order valence-electron chi connectivity index (χ0n) is 14.8. The van der Waals surface area contributed by atoms with E-state index in [2.05, 4.69) is 41.9 Å². The molecule has 24 heavy (non-hydrogen) atoms. The Bertz CT molecular complexity index is 652. The Morgan fingerprint density at radius 2 is 2.00 bits per heavy atom. The van der Waals surface area contributed by atoms with E-state index >= 15 is 0 Å². The number of rotatable bonds is 8. The van der Waals surface area contributed by atoms with Gasteiger partial charge in [-0.05, 0) is 25.3 Å². The number of aryl methyl sites for hydroxylation is 1. The Morgan fingerprint density at radius 1 is 1.29 bits per heavy atom. The molecule has 1 aromatic carbocycles. The van der Waals surface area contributed by atoms with E-state index in [0.29, 0.717) is 12.5 Å². The zero-order valence-corrected chi connectivity index (χ0v) is 15.7. The lowest BCUT2D eigenvalue weighted by Gasteiger charge is -2.12. The van der Waals surface area contributed by atoms with Crippen molar-refractivity contribution in [2.24, 2.45) is 0 Å². The molecule has 0 spiro atoms. The van der Waals surface area contributed by atoms with Gasteiger partial charge in [-0.2, -0.15) is 0 Å². The lowest BCUT2D eigenvalue weighted by Crippen LogP contribution is -2.30. The molecule has 0 fully saturated rings. The maximum atomic E-state index is 11.0. The van der Waals surface area contributed by atoms with Crippen molar-refractivity contribution in [3.63, 3.8) is 0 Å². The molecule has 1 aromatic heterocycles. The fourth-order valence-corrected chi connectivity index (χ4v) is 3.48. The average molecular weight is 346 g/mol. The largest absolute Gasteiger partial charge is 0.384 e. The van der Waals surface area contributed by atoms with Gasteiger partial charge in [0.2, 0.25) is 5.91 Å². The van der Waals surface area contributed by atoms with Gasteiger partial charge in [0.1, 0.15) is 0 Å². The summed E-state index contributed by atoms with van der Waals surface area (Å²) in [5.41, 5.74) is 3.44. The van der Waals surface area contributed by atoms with Gasteiger partial charge in [-0.1, -0.05) is 31.2 Å². The minimum Gasteiger partial charge on any atom is -0.384 e. The van der Waals surface area contributed by atoms with E-state index in [1.54, 1.807) is 25.4 Å². The molecule has 2 rings (SSSR count). The molecule has 2 aromatic rings. The molecule has 2 atom stereocenters. The lowest BCUT2D eigenvalue weighted by atomic mass is 10.0. The quantitative estimate of drug-likeness (QED) is 0.785. The Balaban J connectivity index is 1.95. The van der Waals surface area contributed by atoms with Gasteiger partial charge in [0.05, 0.1) is 17.3 Å². The molecule has 1 amide bonds. The van der Waals surface area contributed by atoms with E-state index in [9.17, 15) is 4.79 Å². The molecule has 0 radical (unpaired) electrons. The van der Waals surface area contributed by atoms with Gasteiger partial charge in [-0.15, -0.1) is 11.3 Å². The minimum atomic E-state index is 0.0277. The van der Waals surface area contributed by atoms with Gasteiger partial charge < -0.3 is 10.1 Å². The molecule has 4 nitrogen and oxygen atoms in total. The van der Waals surface area contributed by atoms with Crippen LogP contribution < -0.4 is 5.32 Å². The SMILES string of the molecule is COC[C@H](C)c1nc(-c2ccc(CC[C@H](C)NC(C)=O)cc2)cs1. The van der Waals surface area contributed by atoms with Crippen LogP contribution in [0.15, 0.2) is 29.6 Å². The summed E-state index contributed by atoms with van der Waals surface area (Å²) in [5.74, 6) is 0.350. The molecule has 0 aliphatic carbocycles. The first-order chi connectivity index (χ1) is 11.5. The Morgan fingerprint density at radius 3 is 2.62 bits per heavy atom. The molecular weight excluding hydrogens is 320 g/mol. The van der Waals surface area contributed by atoms with Crippen molar-refractivity contribution in [2.45, 2.75) is 45.6 Å². The second kappa shape index (κ2) is 8.94. The molecule has 0 saturated heterocycles. The van der Waals surface area contributed by atoms with Gasteiger partial charge in [0.15, 0.2) is 0 Å². The summed E-state index contributed by atoms with van der Waals surface area (Å²) >= 11 is 1.69. The molecule has 0 bridgehead atoms. The van der Waals surface area contributed by atoms with E-state index in [-0.39, 0.29) is 11.9 Å². The Labute approximate surface area is 148 Å². The van der Waals surface area contributed by atoms with Gasteiger partial charge >= 0.3 is 0 Å². The van der Waals surface area contributed by atoms with Crippen LogP contribution in [0.1, 0.15) is 43.7 Å². The summed E-state index contributed by atoms with van der Waals surface area (Å²) in [6.07, 6.45) is 1.89. The van der Waals surface area contributed by atoms with Crippen LogP contribution in [-0.4, -0.2) is 30.6 Å². The van der Waals surface area contributed by atoms with Crippen LogP contribution in [0.4, 0.5) is 0 Å². The molecular formula is C19H26N2O2S. The number of thiazole rings is 1. The van der Waals surface area contributed by atoms with E-state index < -0.39 is 0 Å². The molecule has 0 saturated carbocycles. The highest BCUT2D eigenvalue weighted by Gasteiger charge is 2.11. The van der Waals surface area contributed by atoms with Crippen molar-refractivity contribution in [1.29, 1.82) is 0 Å². The molecule has 0 aliphatic heterocycles. The molecule has 1 heterocycles. The van der Waals surface area contributed by atoms with Crippen LogP contribution in [0, 0.1) is 0 Å². The highest BCUT2D eigenvalue weighted by atomic mass is 32.1. The number of nitrogens with zero attached hydrogens (tertiary/aromatic N) is 1. The normalized spacial score (nSPS) is 13.5. The maximum absolute atomic E-state index is 11.0. The topological polar surface area (TPSA) is 51.2 Å². The third kappa shape index (κ3) is 5.42. The van der Waals surface area contributed by atoms with Crippen molar-refractivity contribution >= 4 is 17.2 Å². The smallest absolute Gasteiger partial charge is 0.217 e. The lowest BCUT2D eigenvalue weighted by molar-refractivity contribution is -0.119. The number of carbonyl (C=O) groups excluding carboxylic acids is 1. The van der Waals surface area contributed by atoms with Gasteiger partial charge in [-0.25, -0.2) is 4.98 Å². The minimum absolute atomic E-state index is 0.0277. The number of carbonyl (C=O) groups is 1. The molecule has 5 heteroatoms. The predicted molar refractivity (Wildman–Crippen MR) is 99.4 cm³/mol. The standard InChI is InChI=1S/C19H26N2O2S/c1-13(11-23-4)19-21-18(12-24-19)17-9-7-16(8-10-17)6-5-14(2)20-15(3)22/h7-10,12-14H,5-6,11H2,1-4H3,(H,20,22)/t13-,14-/m0/s1. The summed E-state index contributed by atoms with van der Waals surface area (Å²) in [4.78, 5) is 15.8. The maximum Gasteiger partial charge on any atom is 0.217 e. The monoisotopic (exact) mass is 346 g/mol. The molecule has 130 valence electrons. The van der Waals surface area contributed by atoms with Crippen LogP contribution in [0.3, 0.4) is 0 Å². The number of hydrogen-bond donors (Lipinski definition) is 1. The molecule has 1 N–H and O–H groups in total. The number of aromatic nitrogens is 1. The summed E-state index contributed by atoms with van der Waals surface area (Å²) in [6, 6.07) is 8.74. The summed E-state index contributed by atoms with van der Waals surface area (Å²) in [5, 5.41) is 6.13. The van der Waals surface area contributed by atoms with Crippen LogP contribution in [0.5, 0.6) is 0 Å². The Kier molecular flexibility index (Phi) is 6.94. The zero-order chi connectivity index (χ0) is 17.5. The first kappa shape index (κ1) is 18.6. The van der Waals surface area contributed by atoms with Crippen molar-refractivity contribution in [2.75, 3.05) is 13.7 Å². The van der Waals surface area contributed by atoms with Crippen molar-refractivity contribution in [3.8, 4) is 11.3 Å².